The van der Waals surface area contributed by atoms with E-state index in [1.807, 2.05) is 85.2 Å². The standard InChI is InChI=1S/C25H21ClN4OS/c1-31-20-12-10-18(11-13-20)30-24(23(28-25(30)32)21-8-2-3-14-27-21)22-9-5-15-29(22)19-7-4-6-17(26)16-19/h2-16,23-24H,1H3,(H,28,32). The van der Waals surface area contributed by atoms with Crippen LogP contribution in [0, 0.1) is 0 Å². The molecular weight excluding hydrogens is 440 g/mol. The Bertz CT molecular complexity index is 1240. The molecule has 0 saturated carbocycles. The molecule has 7 heteroatoms. The van der Waals surface area contributed by atoms with E-state index in [1.54, 1.807) is 7.11 Å². The summed E-state index contributed by atoms with van der Waals surface area (Å²) in [7, 11) is 1.66. The molecular formula is C25H21ClN4OS. The summed E-state index contributed by atoms with van der Waals surface area (Å²) in [6.07, 6.45) is 3.85. The summed E-state index contributed by atoms with van der Waals surface area (Å²) in [5, 5.41) is 4.84. The quantitative estimate of drug-likeness (QED) is 0.386. The maximum Gasteiger partial charge on any atom is 0.174 e. The lowest BCUT2D eigenvalue weighted by Gasteiger charge is -2.29. The lowest BCUT2D eigenvalue weighted by atomic mass is 10.0. The normalized spacial score (nSPS) is 17.9. The number of aromatic nitrogens is 2. The van der Waals surface area contributed by atoms with E-state index in [2.05, 4.69) is 25.8 Å². The summed E-state index contributed by atoms with van der Waals surface area (Å²) in [4.78, 5) is 6.77. The Morgan fingerprint density at radius 1 is 0.969 bits per heavy atom. The number of thiocarbonyl (C=S) groups is 1. The molecule has 1 aliphatic rings. The molecule has 0 spiro atoms. The van der Waals surface area contributed by atoms with Gasteiger partial charge in [0.15, 0.2) is 5.11 Å². The Labute approximate surface area is 197 Å². The van der Waals surface area contributed by atoms with Crippen LogP contribution in [0.4, 0.5) is 5.69 Å². The summed E-state index contributed by atoms with van der Waals surface area (Å²) in [6, 6.07) is 25.6. The summed E-state index contributed by atoms with van der Waals surface area (Å²) < 4.78 is 7.49. The molecule has 5 nitrogen and oxygen atoms in total. The van der Waals surface area contributed by atoms with Gasteiger partial charge in [-0.3, -0.25) is 4.98 Å². The van der Waals surface area contributed by atoms with Crippen molar-refractivity contribution in [3.63, 3.8) is 0 Å². The van der Waals surface area contributed by atoms with Crippen LogP contribution in [0.1, 0.15) is 23.5 Å². The minimum Gasteiger partial charge on any atom is -0.497 e. The van der Waals surface area contributed by atoms with Crippen LogP contribution >= 0.6 is 23.8 Å². The van der Waals surface area contributed by atoms with Crippen LogP contribution in [0.15, 0.2) is 91.3 Å². The Morgan fingerprint density at radius 3 is 2.53 bits per heavy atom. The van der Waals surface area contributed by atoms with Crippen LogP contribution in [0.25, 0.3) is 5.69 Å². The topological polar surface area (TPSA) is 42.3 Å². The molecule has 2 atom stereocenters. The van der Waals surface area contributed by atoms with Crippen molar-refractivity contribution in [1.82, 2.24) is 14.9 Å². The van der Waals surface area contributed by atoms with Crippen LogP contribution in [-0.2, 0) is 0 Å². The molecule has 2 unspecified atom stereocenters. The molecule has 0 aliphatic carbocycles. The number of halogens is 1. The minimum absolute atomic E-state index is 0.125. The number of anilines is 1. The molecule has 0 bridgehead atoms. The number of pyridine rings is 1. The number of ether oxygens (including phenoxy) is 1. The number of nitrogens with one attached hydrogen (secondary N) is 1. The molecule has 5 rings (SSSR count). The maximum absolute atomic E-state index is 6.30. The first kappa shape index (κ1) is 20.5. The maximum atomic E-state index is 6.30. The SMILES string of the molecule is COc1ccc(N2C(=S)NC(c3ccccn3)C2c2cccn2-c2cccc(Cl)c2)cc1. The average molecular weight is 461 g/mol. The van der Waals surface area contributed by atoms with Gasteiger partial charge in [-0.1, -0.05) is 23.7 Å². The van der Waals surface area contributed by atoms with Gasteiger partial charge in [0.05, 0.1) is 18.8 Å². The number of methoxy groups -OCH3 is 1. The second-order valence-electron chi connectivity index (χ2n) is 7.48. The highest BCUT2D eigenvalue weighted by Crippen LogP contribution is 2.42. The van der Waals surface area contributed by atoms with Gasteiger partial charge >= 0.3 is 0 Å². The van der Waals surface area contributed by atoms with Gasteiger partial charge in [-0.15, -0.1) is 0 Å². The molecule has 1 saturated heterocycles. The van der Waals surface area contributed by atoms with Crippen molar-refractivity contribution in [2.45, 2.75) is 12.1 Å². The number of hydrogen-bond donors (Lipinski definition) is 1. The van der Waals surface area contributed by atoms with Gasteiger partial charge in [-0.25, -0.2) is 0 Å². The number of nitrogens with zero attached hydrogens (tertiary/aromatic N) is 3. The van der Waals surface area contributed by atoms with Crippen LogP contribution < -0.4 is 15.0 Å². The van der Waals surface area contributed by atoms with E-state index in [-0.39, 0.29) is 12.1 Å². The minimum atomic E-state index is -0.126. The molecule has 3 heterocycles. The molecule has 32 heavy (non-hydrogen) atoms. The molecule has 1 fully saturated rings. The molecule has 160 valence electrons. The van der Waals surface area contributed by atoms with Gasteiger partial charge in [0, 0.05) is 34.5 Å². The lowest BCUT2D eigenvalue weighted by molar-refractivity contribution is 0.415. The van der Waals surface area contributed by atoms with E-state index < -0.39 is 0 Å². The van der Waals surface area contributed by atoms with E-state index in [0.717, 1.165) is 28.5 Å². The van der Waals surface area contributed by atoms with Crippen LogP contribution in [-0.4, -0.2) is 21.8 Å². The van der Waals surface area contributed by atoms with Gasteiger partial charge in [0.25, 0.3) is 0 Å². The number of benzene rings is 2. The van der Waals surface area contributed by atoms with Crippen molar-refractivity contribution in [3.05, 3.63) is 108 Å². The lowest BCUT2D eigenvalue weighted by Crippen LogP contribution is -2.30. The molecule has 4 aromatic rings. The summed E-state index contributed by atoms with van der Waals surface area (Å²) in [6.45, 7) is 0. The summed E-state index contributed by atoms with van der Waals surface area (Å²) in [5.41, 5.74) is 3.97. The third-order valence-corrected chi connectivity index (χ3v) is 6.17. The second-order valence-corrected chi connectivity index (χ2v) is 8.30. The van der Waals surface area contributed by atoms with Gasteiger partial charge in [-0.05, 0) is 78.9 Å². The van der Waals surface area contributed by atoms with E-state index in [9.17, 15) is 0 Å². The fourth-order valence-electron chi connectivity index (χ4n) is 4.17. The molecule has 0 amide bonds. The summed E-state index contributed by atoms with van der Waals surface area (Å²) >= 11 is 12.1. The fraction of sp³-hybridized carbons (Fsp3) is 0.120. The number of rotatable bonds is 5. The van der Waals surface area contributed by atoms with Crippen LogP contribution in [0.5, 0.6) is 5.75 Å². The predicted molar refractivity (Wildman–Crippen MR) is 132 cm³/mol. The Morgan fingerprint density at radius 2 is 1.81 bits per heavy atom. The van der Waals surface area contributed by atoms with E-state index in [4.69, 9.17) is 28.6 Å². The highest BCUT2D eigenvalue weighted by molar-refractivity contribution is 7.80. The van der Waals surface area contributed by atoms with Gasteiger partial charge < -0.3 is 19.5 Å². The molecule has 0 radical (unpaired) electrons. The van der Waals surface area contributed by atoms with Crippen molar-refractivity contribution in [2.75, 3.05) is 12.0 Å². The van der Waals surface area contributed by atoms with Crippen molar-refractivity contribution in [3.8, 4) is 11.4 Å². The zero-order valence-corrected chi connectivity index (χ0v) is 18.9. The Kier molecular flexibility index (Phi) is 5.55. The van der Waals surface area contributed by atoms with Gasteiger partial charge in [-0.2, -0.15) is 0 Å². The van der Waals surface area contributed by atoms with Crippen molar-refractivity contribution in [2.24, 2.45) is 0 Å². The van der Waals surface area contributed by atoms with Crippen LogP contribution in [0.2, 0.25) is 5.02 Å². The molecule has 2 aromatic carbocycles. The van der Waals surface area contributed by atoms with Crippen molar-refractivity contribution in [1.29, 1.82) is 0 Å². The Hall–Kier alpha value is -3.35. The van der Waals surface area contributed by atoms with Gasteiger partial charge in [0.1, 0.15) is 11.8 Å². The van der Waals surface area contributed by atoms with Crippen molar-refractivity contribution >= 4 is 34.6 Å². The average Bonchev–Trinajstić information content (AvgIpc) is 3.44. The highest BCUT2D eigenvalue weighted by atomic mass is 35.5. The zero-order valence-electron chi connectivity index (χ0n) is 17.4. The monoisotopic (exact) mass is 460 g/mol. The predicted octanol–water partition coefficient (Wildman–Crippen LogP) is 5.71. The smallest absolute Gasteiger partial charge is 0.174 e. The van der Waals surface area contributed by atoms with Crippen molar-refractivity contribution < 1.29 is 4.74 Å². The Balaban J connectivity index is 1.65. The molecule has 2 aromatic heterocycles. The highest BCUT2D eigenvalue weighted by Gasteiger charge is 2.42. The molecule has 1 aliphatic heterocycles. The molecule has 1 N–H and O–H groups in total. The first-order valence-corrected chi connectivity index (χ1v) is 11.0. The largest absolute Gasteiger partial charge is 0.497 e. The first-order valence-electron chi connectivity index (χ1n) is 10.2. The zero-order chi connectivity index (χ0) is 22.1. The number of hydrogen-bond acceptors (Lipinski definition) is 3. The van der Waals surface area contributed by atoms with E-state index in [0.29, 0.717) is 10.1 Å². The second kappa shape index (κ2) is 8.65. The van der Waals surface area contributed by atoms with E-state index in [1.165, 1.54) is 0 Å². The summed E-state index contributed by atoms with van der Waals surface area (Å²) in [5.74, 6) is 0.798. The van der Waals surface area contributed by atoms with E-state index >= 15 is 0 Å². The van der Waals surface area contributed by atoms with Gasteiger partial charge in [0.2, 0.25) is 0 Å². The third-order valence-electron chi connectivity index (χ3n) is 5.62. The first-order chi connectivity index (χ1) is 15.7. The fourth-order valence-corrected chi connectivity index (χ4v) is 4.70. The third kappa shape index (κ3) is 3.72. The van der Waals surface area contributed by atoms with Crippen LogP contribution in [0.3, 0.4) is 0 Å².